The van der Waals surface area contributed by atoms with E-state index >= 15 is 0 Å². The molecule has 2 aliphatic rings. The van der Waals surface area contributed by atoms with Gasteiger partial charge in [0.1, 0.15) is 0 Å². The van der Waals surface area contributed by atoms with E-state index in [-0.39, 0.29) is 5.92 Å². The quantitative estimate of drug-likeness (QED) is 0.644. The lowest BCUT2D eigenvalue weighted by Crippen LogP contribution is -2.38. The predicted octanol–water partition coefficient (Wildman–Crippen LogP) is 0.607. The second-order valence-electron chi connectivity index (χ2n) is 4.21. The molecular formula is C10H18N2O. The van der Waals surface area contributed by atoms with Crippen molar-refractivity contribution in [3.63, 3.8) is 0 Å². The Balaban J connectivity index is 1.95. The highest BCUT2D eigenvalue weighted by atomic mass is 16.2. The van der Waals surface area contributed by atoms with Crippen LogP contribution in [0.15, 0.2) is 0 Å². The molecule has 74 valence electrons. The lowest BCUT2D eigenvalue weighted by molar-refractivity contribution is -0.135. The van der Waals surface area contributed by atoms with Gasteiger partial charge in [-0.2, -0.15) is 0 Å². The maximum absolute atomic E-state index is 11.9. The van der Waals surface area contributed by atoms with E-state index in [9.17, 15) is 4.79 Å². The number of likely N-dealkylation sites (tertiary alicyclic amines) is 1. The van der Waals surface area contributed by atoms with E-state index < -0.39 is 0 Å². The fourth-order valence-electron chi connectivity index (χ4n) is 2.36. The van der Waals surface area contributed by atoms with Gasteiger partial charge in [0.2, 0.25) is 5.91 Å². The molecule has 2 atom stereocenters. The number of amides is 1. The zero-order valence-corrected chi connectivity index (χ0v) is 8.25. The number of rotatable bonds is 1. The van der Waals surface area contributed by atoms with Crippen LogP contribution in [-0.2, 0) is 4.79 Å². The molecular weight excluding hydrogens is 164 g/mol. The summed E-state index contributed by atoms with van der Waals surface area (Å²) in [6, 6.07) is 0.480. The molecule has 0 aromatic heterocycles. The van der Waals surface area contributed by atoms with Crippen LogP contribution in [0.3, 0.4) is 0 Å². The number of carbonyl (C=O) groups is 1. The molecule has 0 aromatic rings. The van der Waals surface area contributed by atoms with Gasteiger partial charge in [0.15, 0.2) is 0 Å². The Hall–Kier alpha value is -0.570. The first-order valence-corrected chi connectivity index (χ1v) is 5.30. The summed E-state index contributed by atoms with van der Waals surface area (Å²) < 4.78 is 0. The van der Waals surface area contributed by atoms with E-state index in [0.717, 1.165) is 26.1 Å². The van der Waals surface area contributed by atoms with E-state index in [0.29, 0.717) is 11.9 Å². The summed E-state index contributed by atoms with van der Waals surface area (Å²) in [4.78, 5) is 14.0. The molecule has 0 radical (unpaired) electrons. The third kappa shape index (κ3) is 1.70. The molecule has 2 fully saturated rings. The molecule has 13 heavy (non-hydrogen) atoms. The smallest absolute Gasteiger partial charge is 0.227 e. The Morgan fingerprint density at radius 3 is 2.85 bits per heavy atom. The largest absolute Gasteiger partial charge is 0.340 e. The van der Waals surface area contributed by atoms with Gasteiger partial charge in [0, 0.05) is 19.1 Å². The maximum Gasteiger partial charge on any atom is 0.227 e. The predicted molar refractivity (Wildman–Crippen MR) is 51.4 cm³/mol. The third-order valence-corrected chi connectivity index (χ3v) is 3.25. The molecule has 1 amide bonds. The number of nitrogens with one attached hydrogen (secondary N) is 1. The second kappa shape index (κ2) is 3.66. The van der Waals surface area contributed by atoms with Crippen molar-refractivity contribution in [2.24, 2.45) is 5.92 Å². The number of nitrogens with zero attached hydrogens (tertiary/aromatic N) is 1. The van der Waals surface area contributed by atoms with Gasteiger partial charge in [-0.25, -0.2) is 0 Å². The summed E-state index contributed by atoms with van der Waals surface area (Å²) in [7, 11) is 0. The average Bonchev–Trinajstić information content (AvgIpc) is 2.72. The van der Waals surface area contributed by atoms with Gasteiger partial charge in [-0.05, 0) is 32.7 Å². The fourth-order valence-corrected chi connectivity index (χ4v) is 2.36. The van der Waals surface area contributed by atoms with Crippen LogP contribution in [0.25, 0.3) is 0 Å². The van der Waals surface area contributed by atoms with Crippen LogP contribution in [0.4, 0.5) is 0 Å². The normalized spacial score (nSPS) is 34.1. The molecule has 2 aliphatic heterocycles. The first-order chi connectivity index (χ1) is 6.29. The molecule has 0 aromatic carbocycles. The van der Waals surface area contributed by atoms with Crippen molar-refractivity contribution in [3.05, 3.63) is 0 Å². The van der Waals surface area contributed by atoms with E-state index in [1.807, 2.05) is 0 Å². The minimum Gasteiger partial charge on any atom is -0.340 e. The minimum atomic E-state index is 0.264. The van der Waals surface area contributed by atoms with E-state index in [1.165, 1.54) is 12.8 Å². The summed E-state index contributed by atoms with van der Waals surface area (Å²) in [5.74, 6) is 0.649. The van der Waals surface area contributed by atoms with E-state index in [1.54, 1.807) is 0 Å². The molecule has 3 heteroatoms. The van der Waals surface area contributed by atoms with E-state index in [4.69, 9.17) is 0 Å². The summed E-state index contributed by atoms with van der Waals surface area (Å²) >= 11 is 0. The zero-order chi connectivity index (χ0) is 9.26. The van der Waals surface area contributed by atoms with Crippen LogP contribution < -0.4 is 5.32 Å². The molecule has 0 bridgehead atoms. The van der Waals surface area contributed by atoms with Gasteiger partial charge in [-0.3, -0.25) is 4.79 Å². The van der Waals surface area contributed by atoms with Crippen molar-refractivity contribution < 1.29 is 4.79 Å². The van der Waals surface area contributed by atoms with Gasteiger partial charge >= 0.3 is 0 Å². The number of carbonyl (C=O) groups excluding carboxylic acids is 1. The molecule has 3 nitrogen and oxygen atoms in total. The van der Waals surface area contributed by atoms with Gasteiger partial charge in [-0.15, -0.1) is 0 Å². The Bertz CT molecular complexity index is 199. The first-order valence-electron chi connectivity index (χ1n) is 5.30. The van der Waals surface area contributed by atoms with Gasteiger partial charge in [0.25, 0.3) is 0 Å². The standard InChI is InChI=1S/C10H18N2O/c1-8-3-2-6-12(8)10(13)9-4-5-11-7-9/h8-9,11H,2-7H2,1H3. The lowest BCUT2D eigenvalue weighted by atomic mass is 10.1. The molecule has 0 spiro atoms. The zero-order valence-electron chi connectivity index (χ0n) is 8.25. The minimum absolute atomic E-state index is 0.264. The van der Waals surface area contributed by atoms with Crippen molar-refractivity contribution in [1.82, 2.24) is 10.2 Å². The van der Waals surface area contributed by atoms with Crippen LogP contribution in [-0.4, -0.2) is 36.5 Å². The molecule has 2 unspecified atom stereocenters. The average molecular weight is 182 g/mol. The molecule has 2 heterocycles. The third-order valence-electron chi connectivity index (χ3n) is 3.25. The summed E-state index contributed by atoms with van der Waals surface area (Å²) in [6.07, 6.45) is 3.40. The van der Waals surface area contributed by atoms with Crippen LogP contribution >= 0.6 is 0 Å². The highest BCUT2D eigenvalue weighted by molar-refractivity contribution is 5.80. The number of hydrogen-bond acceptors (Lipinski definition) is 2. The highest BCUT2D eigenvalue weighted by Crippen LogP contribution is 2.21. The first kappa shape index (κ1) is 9.00. The Kier molecular flexibility index (Phi) is 2.54. The monoisotopic (exact) mass is 182 g/mol. The van der Waals surface area contributed by atoms with E-state index in [2.05, 4.69) is 17.1 Å². The Morgan fingerprint density at radius 2 is 2.31 bits per heavy atom. The van der Waals surface area contributed by atoms with Gasteiger partial charge < -0.3 is 10.2 Å². The molecule has 0 saturated carbocycles. The highest BCUT2D eigenvalue weighted by Gasteiger charge is 2.31. The maximum atomic E-state index is 11.9. The van der Waals surface area contributed by atoms with Gasteiger partial charge in [-0.1, -0.05) is 0 Å². The van der Waals surface area contributed by atoms with Crippen molar-refractivity contribution in [2.45, 2.75) is 32.2 Å². The second-order valence-corrected chi connectivity index (χ2v) is 4.21. The number of hydrogen-bond donors (Lipinski definition) is 1. The van der Waals surface area contributed by atoms with Crippen LogP contribution in [0.5, 0.6) is 0 Å². The van der Waals surface area contributed by atoms with Crippen LogP contribution in [0.1, 0.15) is 26.2 Å². The van der Waals surface area contributed by atoms with Crippen LogP contribution in [0, 0.1) is 5.92 Å². The molecule has 0 aliphatic carbocycles. The van der Waals surface area contributed by atoms with Crippen molar-refractivity contribution in [3.8, 4) is 0 Å². The summed E-state index contributed by atoms with van der Waals surface area (Å²) in [5.41, 5.74) is 0. The Morgan fingerprint density at radius 1 is 1.46 bits per heavy atom. The Labute approximate surface area is 79.5 Å². The van der Waals surface area contributed by atoms with Gasteiger partial charge in [0.05, 0.1) is 5.92 Å². The van der Waals surface area contributed by atoms with Crippen molar-refractivity contribution in [2.75, 3.05) is 19.6 Å². The SMILES string of the molecule is CC1CCCN1C(=O)C1CCNC1. The molecule has 1 N–H and O–H groups in total. The van der Waals surface area contributed by atoms with Crippen molar-refractivity contribution in [1.29, 1.82) is 0 Å². The van der Waals surface area contributed by atoms with Crippen LogP contribution in [0.2, 0.25) is 0 Å². The summed E-state index contributed by atoms with van der Waals surface area (Å²) in [5, 5.41) is 3.24. The molecule has 2 rings (SSSR count). The summed E-state index contributed by atoms with van der Waals surface area (Å²) in [6.45, 7) is 5.05. The lowest BCUT2D eigenvalue weighted by Gasteiger charge is -2.24. The topological polar surface area (TPSA) is 32.3 Å². The molecule has 2 saturated heterocycles. The fraction of sp³-hybridized carbons (Fsp3) is 0.900. The van der Waals surface area contributed by atoms with Crippen molar-refractivity contribution >= 4 is 5.91 Å².